The smallest absolute Gasteiger partial charge is 0.201 e. The number of halogens is 4. The third-order valence-electron chi connectivity index (χ3n) is 6.71. The van der Waals surface area contributed by atoms with Crippen LogP contribution in [0, 0.1) is 29.2 Å². The molecule has 5 heteroatoms. The molecule has 0 radical (unpaired) electrons. The van der Waals surface area contributed by atoms with Crippen molar-refractivity contribution in [1.29, 1.82) is 0 Å². The molecule has 2 aromatic rings. The molecule has 176 valence electrons. The van der Waals surface area contributed by atoms with Gasteiger partial charge in [0, 0.05) is 11.1 Å². The summed E-state index contributed by atoms with van der Waals surface area (Å²) in [5.41, 5.74) is -0.220. The Hall–Kier alpha value is -2.04. The van der Waals surface area contributed by atoms with Crippen LogP contribution in [0.2, 0.25) is 0 Å². The summed E-state index contributed by atoms with van der Waals surface area (Å²) in [4.78, 5) is 0. The van der Waals surface area contributed by atoms with Crippen LogP contribution in [-0.2, 0) is 0 Å². The number of ether oxygens (including phenoxy) is 1. The van der Waals surface area contributed by atoms with Gasteiger partial charge >= 0.3 is 0 Å². The van der Waals surface area contributed by atoms with E-state index in [1.807, 2.05) is 6.92 Å². The van der Waals surface area contributed by atoms with Gasteiger partial charge in [0.2, 0.25) is 5.82 Å². The molecule has 1 aliphatic rings. The van der Waals surface area contributed by atoms with Gasteiger partial charge in [-0.15, -0.1) is 0 Å². The molecular formula is C27H34F4O. The number of benzene rings is 2. The van der Waals surface area contributed by atoms with Crippen molar-refractivity contribution in [2.24, 2.45) is 5.92 Å². The van der Waals surface area contributed by atoms with Crippen molar-refractivity contribution in [3.63, 3.8) is 0 Å². The lowest BCUT2D eigenvalue weighted by Crippen LogP contribution is -2.15. The Kier molecular flexibility index (Phi) is 9.01. The van der Waals surface area contributed by atoms with Crippen LogP contribution in [-0.4, -0.2) is 6.61 Å². The van der Waals surface area contributed by atoms with E-state index < -0.39 is 23.3 Å². The fourth-order valence-electron chi connectivity index (χ4n) is 4.71. The van der Waals surface area contributed by atoms with Crippen LogP contribution in [0.5, 0.6) is 5.75 Å². The molecular weight excluding hydrogens is 416 g/mol. The minimum Gasteiger partial charge on any atom is -0.490 e. The first-order valence-electron chi connectivity index (χ1n) is 12.1. The lowest BCUT2D eigenvalue weighted by molar-refractivity contribution is 0.289. The quantitative estimate of drug-likeness (QED) is 0.259. The normalized spacial score (nSPS) is 18.7. The van der Waals surface area contributed by atoms with Gasteiger partial charge in [0.25, 0.3) is 0 Å². The summed E-state index contributed by atoms with van der Waals surface area (Å²) in [5, 5.41) is 0. The molecule has 0 amide bonds. The van der Waals surface area contributed by atoms with Gasteiger partial charge in [-0.2, -0.15) is 4.39 Å². The molecule has 1 aliphatic carbocycles. The van der Waals surface area contributed by atoms with Gasteiger partial charge in [0.15, 0.2) is 23.2 Å². The van der Waals surface area contributed by atoms with Crippen LogP contribution in [0.15, 0.2) is 24.3 Å². The maximum atomic E-state index is 15.0. The molecule has 0 aliphatic heterocycles. The maximum Gasteiger partial charge on any atom is 0.201 e. The van der Waals surface area contributed by atoms with Gasteiger partial charge in [0.05, 0.1) is 6.61 Å². The average Bonchev–Trinajstić information content (AvgIpc) is 2.80. The van der Waals surface area contributed by atoms with Crippen LogP contribution in [0.25, 0.3) is 11.1 Å². The second kappa shape index (κ2) is 11.7. The zero-order chi connectivity index (χ0) is 23.1. The zero-order valence-corrected chi connectivity index (χ0v) is 19.2. The van der Waals surface area contributed by atoms with E-state index in [2.05, 4.69) is 6.92 Å². The maximum absolute atomic E-state index is 15.0. The van der Waals surface area contributed by atoms with Gasteiger partial charge in [-0.3, -0.25) is 0 Å². The highest BCUT2D eigenvalue weighted by atomic mass is 19.2. The van der Waals surface area contributed by atoms with Crippen molar-refractivity contribution >= 4 is 0 Å². The van der Waals surface area contributed by atoms with E-state index in [0.29, 0.717) is 17.9 Å². The SMILES string of the molecule is CCCCCC1CCC(c2ccc(-c3ccc(OCCCC)c(F)c3F)c(F)c2F)CC1. The minimum atomic E-state index is -1.22. The van der Waals surface area contributed by atoms with Gasteiger partial charge < -0.3 is 4.74 Å². The van der Waals surface area contributed by atoms with Crippen molar-refractivity contribution in [3.8, 4) is 16.9 Å². The third-order valence-corrected chi connectivity index (χ3v) is 6.71. The van der Waals surface area contributed by atoms with E-state index in [-0.39, 0.29) is 29.4 Å². The molecule has 0 N–H and O–H groups in total. The van der Waals surface area contributed by atoms with E-state index in [9.17, 15) is 17.6 Å². The molecule has 0 bridgehead atoms. The lowest BCUT2D eigenvalue weighted by atomic mass is 9.76. The van der Waals surface area contributed by atoms with Crippen LogP contribution >= 0.6 is 0 Å². The Balaban J connectivity index is 1.75. The average molecular weight is 451 g/mol. The zero-order valence-electron chi connectivity index (χ0n) is 19.2. The van der Waals surface area contributed by atoms with E-state index in [1.54, 1.807) is 6.07 Å². The molecule has 2 aromatic carbocycles. The first-order valence-corrected chi connectivity index (χ1v) is 12.1. The standard InChI is InChI=1S/C27H34F4O/c1-3-5-7-8-18-9-11-19(12-10-18)20-13-14-21(25(29)24(20)28)22-15-16-23(27(31)26(22)30)32-17-6-4-2/h13-16,18-19H,3-12,17H2,1-2H3. The first kappa shape index (κ1) is 24.6. The summed E-state index contributed by atoms with van der Waals surface area (Å²) in [6.45, 7) is 4.42. The van der Waals surface area contributed by atoms with Crippen molar-refractivity contribution in [1.82, 2.24) is 0 Å². The number of hydrogen-bond donors (Lipinski definition) is 0. The Morgan fingerprint density at radius 3 is 2.00 bits per heavy atom. The molecule has 0 unspecified atom stereocenters. The molecule has 1 saturated carbocycles. The minimum absolute atomic E-state index is 0.0306. The first-order chi connectivity index (χ1) is 15.5. The Labute approximate surface area is 189 Å². The number of unbranched alkanes of at least 4 members (excludes halogenated alkanes) is 3. The fraction of sp³-hybridized carbons (Fsp3) is 0.556. The van der Waals surface area contributed by atoms with Crippen molar-refractivity contribution in [3.05, 3.63) is 53.1 Å². The van der Waals surface area contributed by atoms with E-state index >= 15 is 0 Å². The largest absolute Gasteiger partial charge is 0.490 e. The highest BCUT2D eigenvalue weighted by Crippen LogP contribution is 2.41. The molecule has 3 rings (SSSR count). The van der Waals surface area contributed by atoms with Gasteiger partial charge in [-0.1, -0.05) is 58.1 Å². The highest BCUT2D eigenvalue weighted by molar-refractivity contribution is 5.66. The predicted octanol–water partition coefficient (Wildman–Crippen LogP) is 8.94. The second-order valence-electron chi connectivity index (χ2n) is 8.98. The molecule has 0 spiro atoms. The second-order valence-corrected chi connectivity index (χ2v) is 8.98. The van der Waals surface area contributed by atoms with Crippen molar-refractivity contribution in [2.45, 2.75) is 84.0 Å². The molecule has 1 nitrogen and oxygen atoms in total. The van der Waals surface area contributed by atoms with E-state index in [4.69, 9.17) is 4.74 Å². The van der Waals surface area contributed by atoms with Gasteiger partial charge in [-0.25, -0.2) is 13.2 Å². The molecule has 32 heavy (non-hydrogen) atoms. The summed E-state index contributed by atoms with van der Waals surface area (Å²) in [6, 6.07) is 5.43. The summed E-state index contributed by atoms with van der Waals surface area (Å²) < 4.78 is 64.2. The monoisotopic (exact) mass is 450 g/mol. The van der Waals surface area contributed by atoms with Crippen LogP contribution in [0.4, 0.5) is 17.6 Å². The van der Waals surface area contributed by atoms with Crippen LogP contribution in [0.3, 0.4) is 0 Å². The van der Waals surface area contributed by atoms with Crippen molar-refractivity contribution in [2.75, 3.05) is 6.61 Å². The molecule has 0 atom stereocenters. The van der Waals surface area contributed by atoms with E-state index in [1.165, 1.54) is 43.9 Å². The molecule has 0 heterocycles. The Morgan fingerprint density at radius 2 is 1.34 bits per heavy atom. The Morgan fingerprint density at radius 1 is 0.719 bits per heavy atom. The third kappa shape index (κ3) is 5.65. The molecule has 0 aromatic heterocycles. The van der Waals surface area contributed by atoms with Crippen molar-refractivity contribution < 1.29 is 22.3 Å². The highest BCUT2D eigenvalue weighted by Gasteiger charge is 2.27. The fourth-order valence-corrected chi connectivity index (χ4v) is 4.71. The van der Waals surface area contributed by atoms with Gasteiger partial charge in [0.1, 0.15) is 0 Å². The predicted molar refractivity (Wildman–Crippen MR) is 121 cm³/mol. The number of rotatable bonds is 10. The number of hydrogen-bond acceptors (Lipinski definition) is 1. The van der Waals surface area contributed by atoms with Crippen LogP contribution < -0.4 is 4.74 Å². The van der Waals surface area contributed by atoms with Gasteiger partial charge in [-0.05, 0) is 61.6 Å². The molecule has 0 saturated heterocycles. The van der Waals surface area contributed by atoms with Crippen LogP contribution in [0.1, 0.15) is 89.5 Å². The Bertz CT molecular complexity index is 888. The molecule has 1 fully saturated rings. The topological polar surface area (TPSA) is 9.23 Å². The summed E-state index contributed by atoms with van der Waals surface area (Å²) in [6.07, 6.45) is 10.2. The summed E-state index contributed by atoms with van der Waals surface area (Å²) in [7, 11) is 0. The lowest BCUT2D eigenvalue weighted by Gasteiger charge is -2.29. The summed E-state index contributed by atoms with van der Waals surface area (Å²) in [5.74, 6) is -4.04. The summed E-state index contributed by atoms with van der Waals surface area (Å²) >= 11 is 0. The van der Waals surface area contributed by atoms with E-state index in [0.717, 1.165) is 32.1 Å².